The number of H-pyrrole nitrogens is 1. The molecular weight excluding hydrogens is 284 g/mol. The second kappa shape index (κ2) is 4.61. The summed E-state index contributed by atoms with van der Waals surface area (Å²) in [6.07, 6.45) is 0. The number of nitrogens with one attached hydrogen (secondary N) is 1. The Morgan fingerprint density at radius 3 is 3.05 bits per heavy atom. The van der Waals surface area contributed by atoms with Gasteiger partial charge in [-0.1, -0.05) is 11.6 Å². The molecular formula is C12H9ClN4O3. The van der Waals surface area contributed by atoms with Crippen molar-refractivity contribution in [3.63, 3.8) is 0 Å². The van der Waals surface area contributed by atoms with Gasteiger partial charge >= 0.3 is 5.97 Å². The first-order valence-corrected chi connectivity index (χ1v) is 6.23. The molecule has 0 atom stereocenters. The fourth-order valence-electron chi connectivity index (χ4n) is 1.94. The van der Waals surface area contributed by atoms with E-state index < -0.39 is 11.5 Å². The van der Waals surface area contributed by atoms with E-state index in [9.17, 15) is 9.59 Å². The number of halogens is 1. The molecule has 1 N–H and O–H groups in total. The van der Waals surface area contributed by atoms with Crippen LogP contribution in [0.3, 0.4) is 0 Å². The lowest BCUT2D eigenvalue weighted by Gasteiger charge is -2.01. The molecule has 2 heterocycles. The van der Waals surface area contributed by atoms with Gasteiger partial charge in [-0.15, -0.1) is 5.10 Å². The number of rotatable bonds is 2. The van der Waals surface area contributed by atoms with Crippen LogP contribution >= 0.6 is 11.6 Å². The van der Waals surface area contributed by atoms with E-state index in [0.29, 0.717) is 15.9 Å². The zero-order valence-corrected chi connectivity index (χ0v) is 11.1. The van der Waals surface area contributed by atoms with Gasteiger partial charge in [-0.2, -0.15) is 4.98 Å². The maximum absolute atomic E-state index is 12.0. The molecule has 0 aliphatic carbocycles. The summed E-state index contributed by atoms with van der Waals surface area (Å²) >= 11 is 5.93. The van der Waals surface area contributed by atoms with E-state index in [0.717, 1.165) is 0 Å². The van der Waals surface area contributed by atoms with Crippen LogP contribution in [0.4, 0.5) is 0 Å². The lowest BCUT2D eigenvalue weighted by atomic mass is 10.2. The summed E-state index contributed by atoms with van der Waals surface area (Å²) in [7, 11) is 0. The molecule has 7 nitrogen and oxygen atoms in total. The highest BCUT2D eigenvalue weighted by Gasteiger charge is 2.19. The summed E-state index contributed by atoms with van der Waals surface area (Å²) in [5, 5.41) is 7.33. The van der Waals surface area contributed by atoms with E-state index >= 15 is 0 Å². The third-order valence-corrected chi connectivity index (χ3v) is 3.03. The summed E-state index contributed by atoms with van der Waals surface area (Å²) in [5.41, 5.74) is 0.119. The van der Waals surface area contributed by atoms with E-state index in [4.69, 9.17) is 16.3 Å². The first-order valence-electron chi connectivity index (χ1n) is 5.85. The van der Waals surface area contributed by atoms with Crippen molar-refractivity contribution in [3.05, 3.63) is 39.3 Å². The van der Waals surface area contributed by atoms with Crippen molar-refractivity contribution in [3.8, 4) is 0 Å². The van der Waals surface area contributed by atoms with Gasteiger partial charge in [0.05, 0.1) is 17.5 Å². The molecule has 20 heavy (non-hydrogen) atoms. The van der Waals surface area contributed by atoms with Crippen LogP contribution in [0.5, 0.6) is 0 Å². The molecule has 3 aromatic rings. The van der Waals surface area contributed by atoms with Crippen molar-refractivity contribution >= 4 is 34.1 Å². The maximum Gasteiger partial charge on any atom is 0.362 e. The molecule has 3 rings (SSSR count). The van der Waals surface area contributed by atoms with Crippen molar-refractivity contribution in [2.75, 3.05) is 6.61 Å². The number of esters is 1. The highest BCUT2D eigenvalue weighted by molar-refractivity contribution is 6.31. The molecule has 0 aliphatic rings. The zero-order valence-electron chi connectivity index (χ0n) is 10.4. The third kappa shape index (κ3) is 1.83. The number of hydrogen-bond donors (Lipinski definition) is 1. The molecule has 0 fully saturated rings. The van der Waals surface area contributed by atoms with Crippen molar-refractivity contribution in [1.82, 2.24) is 19.8 Å². The quantitative estimate of drug-likeness (QED) is 0.721. The van der Waals surface area contributed by atoms with Crippen molar-refractivity contribution < 1.29 is 9.53 Å². The Kier molecular flexibility index (Phi) is 2.90. The van der Waals surface area contributed by atoms with Gasteiger partial charge < -0.3 is 4.74 Å². The Labute approximate surface area is 117 Å². The minimum Gasteiger partial charge on any atom is -0.461 e. The molecule has 1 aromatic carbocycles. The molecule has 0 amide bonds. The molecule has 0 aliphatic heterocycles. The summed E-state index contributed by atoms with van der Waals surface area (Å²) in [6.45, 7) is 1.89. The monoisotopic (exact) mass is 292 g/mol. The lowest BCUT2D eigenvalue weighted by molar-refractivity contribution is 0.0521. The highest BCUT2D eigenvalue weighted by atomic mass is 35.5. The Morgan fingerprint density at radius 1 is 1.50 bits per heavy atom. The van der Waals surface area contributed by atoms with Crippen LogP contribution in [0.2, 0.25) is 5.02 Å². The Morgan fingerprint density at radius 2 is 2.30 bits per heavy atom. The summed E-state index contributed by atoms with van der Waals surface area (Å²) in [4.78, 5) is 27.6. The number of ether oxygens (including phenoxy) is 1. The first-order chi connectivity index (χ1) is 9.61. The fourth-order valence-corrected chi connectivity index (χ4v) is 2.10. The molecule has 0 spiro atoms. The number of benzene rings is 1. The number of fused-ring (bicyclic) bond motifs is 3. The van der Waals surface area contributed by atoms with Gasteiger partial charge in [0.2, 0.25) is 5.69 Å². The molecule has 102 valence electrons. The van der Waals surface area contributed by atoms with Gasteiger partial charge in [0.1, 0.15) is 0 Å². The summed E-state index contributed by atoms with van der Waals surface area (Å²) in [5.74, 6) is -0.639. The lowest BCUT2D eigenvalue weighted by Crippen LogP contribution is -2.12. The molecule has 0 radical (unpaired) electrons. The van der Waals surface area contributed by atoms with Gasteiger partial charge in [0.25, 0.3) is 5.56 Å². The van der Waals surface area contributed by atoms with E-state index in [1.165, 1.54) is 4.52 Å². The molecule has 0 saturated heterocycles. The van der Waals surface area contributed by atoms with E-state index in [2.05, 4.69) is 15.3 Å². The molecule has 8 heteroatoms. The Hall–Kier alpha value is -2.41. The number of carbonyl (C=O) groups excluding carboxylic acids is 1. The van der Waals surface area contributed by atoms with Crippen molar-refractivity contribution in [2.24, 2.45) is 0 Å². The van der Waals surface area contributed by atoms with Crippen molar-refractivity contribution in [2.45, 2.75) is 6.92 Å². The van der Waals surface area contributed by atoms with Crippen LogP contribution in [0.1, 0.15) is 17.4 Å². The minimum absolute atomic E-state index is 0.0363. The largest absolute Gasteiger partial charge is 0.461 e. The van der Waals surface area contributed by atoms with E-state index in [1.54, 1.807) is 25.1 Å². The smallest absolute Gasteiger partial charge is 0.362 e. The minimum atomic E-state index is -0.639. The average Bonchev–Trinajstić information content (AvgIpc) is 2.82. The number of aromatic nitrogens is 4. The van der Waals surface area contributed by atoms with Gasteiger partial charge in [-0.3, -0.25) is 4.79 Å². The zero-order chi connectivity index (χ0) is 14.3. The van der Waals surface area contributed by atoms with Crippen LogP contribution < -0.4 is 5.56 Å². The number of hydrogen-bond acceptors (Lipinski definition) is 5. The summed E-state index contributed by atoms with van der Waals surface area (Å²) < 4.78 is 6.29. The maximum atomic E-state index is 12.0. The van der Waals surface area contributed by atoms with E-state index in [1.807, 2.05) is 0 Å². The first kappa shape index (κ1) is 12.6. The van der Waals surface area contributed by atoms with Crippen LogP contribution in [0.25, 0.3) is 16.6 Å². The van der Waals surface area contributed by atoms with Gasteiger partial charge in [0.15, 0.2) is 5.65 Å². The molecule has 0 bridgehead atoms. The predicted molar refractivity (Wildman–Crippen MR) is 72.1 cm³/mol. The summed E-state index contributed by atoms with van der Waals surface area (Å²) in [6, 6.07) is 4.77. The SMILES string of the molecule is CCOC(=O)c1n[nH]n2c1nc(=O)c1ccc(Cl)cc12. The third-order valence-electron chi connectivity index (χ3n) is 2.79. The van der Waals surface area contributed by atoms with Crippen LogP contribution in [0, 0.1) is 0 Å². The normalized spacial score (nSPS) is 11.1. The van der Waals surface area contributed by atoms with Crippen LogP contribution in [0.15, 0.2) is 23.0 Å². The van der Waals surface area contributed by atoms with Gasteiger partial charge in [-0.05, 0) is 25.1 Å². The van der Waals surface area contributed by atoms with Crippen LogP contribution in [-0.4, -0.2) is 32.4 Å². The second-order valence-electron chi connectivity index (χ2n) is 4.02. The highest BCUT2D eigenvalue weighted by Crippen LogP contribution is 2.18. The number of aromatic amines is 1. The van der Waals surface area contributed by atoms with Crippen LogP contribution in [-0.2, 0) is 4.74 Å². The standard InChI is InChI=1S/C12H9ClN4O3/c1-2-20-12(19)9-10-14-11(18)7-4-3-6(13)5-8(7)17(10)16-15-9/h3-5,16H,2H2,1H3. The molecule has 2 aromatic heterocycles. The Balaban J connectivity index is 2.37. The van der Waals surface area contributed by atoms with Crippen molar-refractivity contribution in [1.29, 1.82) is 0 Å². The fraction of sp³-hybridized carbons (Fsp3) is 0.167. The second-order valence-corrected chi connectivity index (χ2v) is 4.45. The Bertz CT molecular complexity index is 883. The van der Waals surface area contributed by atoms with Gasteiger partial charge in [0, 0.05) is 5.02 Å². The number of nitrogens with zero attached hydrogens (tertiary/aromatic N) is 3. The molecule has 0 unspecified atom stereocenters. The number of carbonyl (C=O) groups is 1. The molecule has 0 saturated carbocycles. The van der Waals surface area contributed by atoms with E-state index in [-0.39, 0.29) is 17.9 Å². The van der Waals surface area contributed by atoms with Gasteiger partial charge in [-0.25, -0.2) is 14.5 Å². The topological polar surface area (TPSA) is 89.3 Å². The predicted octanol–water partition coefficient (Wildman–Crippen LogP) is 1.40. The average molecular weight is 293 g/mol.